The molecule has 2 heterocycles. The number of nitrogens with one attached hydrogen (secondary N) is 1. The molecule has 2 aromatic carbocycles. The topological polar surface area (TPSA) is 70.2 Å². The SMILES string of the molecule is Cc1cc(Cl)cc2c1CCN2S(=O)(=O)c1cccc2c(=O)[nH]ccc12. The monoisotopic (exact) mass is 374 g/mol. The summed E-state index contributed by atoms with van der Waals surface area (Å²) < 4.78 is 28.0. The Hall–Kier alpha value is -2.31. The Morgan fingerprint density at radius 2 is 1.96 bits per heavy atom. The number of aromatic nitrogens is 1. The number of anilines is 1. The van der Waals surface area contributed by atoms with Crippen molar-refractivity contribution in [2.45, 2.75) is 18.2 Å². The van der Waals surface area contributed by atoms with Gasteiger partial charge in [0.05, 0.1) is 10.6 Å². The zero-order valence-corrected chi connectivity index (χ0v) is 15.0. The average Bonchev–Trinajstić information content (AvgIpc) is 2.99. The number of hydrogen-bond acceptors (Lipinski definition) is 3. The molecule has 1 aromatic heterocycles. The predicted molar refractivity (Wildman–Crippen MR) is 99.0 cm³/mol. The number of hydrogen-bond donors (Lipinski definition) is 1. The molecule has 0 unspecified atom stereocenters. The van der Waals surface area contributed by atoms with Crippen molar-refractivity contribution in [1.82, 2.24) is 4.98 Å². The minimum absolute atomic E-state index is 0.126. The molecule has 0 saturated heterocycles. The molecule has 0 fully saturated rings. The Kier molecular flexibility index (Phi) is 3.63. The van der Waals surface area contributed by atoms with Gasteiger partial charge in [0.15, 0.2) is 0 Å². The lowest BCUT2D eigenvalue weighted by Gasteiger charge is -2.21. The number of nitrogens with zero attached hydrogens (tertiary/aromatic N) is 1. The summed E-state index contributed by atoms with van der Waals surface area (Å²) in [6, 6.07) is 9.88. The number of pyridine rings is 1. The minimum atomic E-state index is -3.81. The minimum Gasteiger partial charge on any atom is -0.329 e. The van der Waals surface area contributed by atoms with Gasteiger partial charge in [-0.3, -0.25) is 9.10 Å². The smallest absolute Gasteiger partial charge is 0.264 e. The van der Waals surface area contributed by atoms with Gasteiger partial charge in [-0.2, -0.15) is 0 Å². The maximum absolute atomic E-state index is 13.3. The summed E-state index contributed by atoms with van der Waals surface area (Å²) in [5, 5.41) is 1.27. The van der Waals surface area contributed by atoms with Gasteiger partial charge in [0.2, 0.25) is 0 Å². The van der Waals surface area contributed by atoms with Crippen LogP contribution in [0.25, 0.3) is 10.8 Å². The first-order valence-electron chi connectivity index (χ1n) is 7.82. The highest BCUT2D eigenvalue weighted by molar-refractivity contribution is 7.93. The average molecular weight is 375 g/mol. The second-order valence-electron chi connectivity index (χ2n) is 6.07. The fourth-order valence-electron chi connectivity index (χ4n) is 3.42. The van der Waals surface area contributed by atoms with Crippen LogP contribution in [0.5, 0.6) is 0 Å². The lowest BCUT2D eigenvalue weighted by atomic mass is 10.1. The highest BCUT2D eigenvalue weighted by atomic mass is 35.5. The van der Waals surface area contributed by atoms with Gasteiger partial charge in [0, 0.05) is 28.5 Å². The molecule has 4 rings (SSSR count). The first-order valence-corrected chi connectivity index (χ1v) is 9.63. The van der Waals surface area contributed by atoms with Gasteiger partial charge >= 0.3 is 0 Å². The van der Waals surface area contributed by atoms with Crippen LogP contribution < -0.4 is 9.86 Å². The van der Waals surface area contributed by atoms with Gasteiger partial charge in [0.1, 0.15) is 0 Å². The molecule has 1 N–H and O–H groups in total. The number of halogens is 1. The molecule has 0 aliphatic carbocycles. The molecule has 0 bridgehead atoms. The molecule has 0 radical (unpaired) electrons. The summed E-state index contributed by atoms with van der Waals surface area (Å²) in [6.45, 7) is 2.29. The fraction of sp³-hybridized carbons (Fsp3) is 0.167. The summed E-state index contributed by atoms with van der Waals surface area (Å²) >= 11 is 6.14. The van der Waals surface area contributed by atoms with E-state index in [2.05, 4.69) is 4.98 Å². The number of rotatable bonds is 2. The maximum Gasteiger partial charge on any atom is 0.264 e. The normalized spacial score (nSPS) is 14.1. The molecule has 3 aromatic rings. The second-order valence-corrected chi connectivity index (χ2v) is 8.34. The molecule has 0 atom stereocenters. The van der Waals surface area contributed by atoms with Crippen molar-refractivity contribution < 1.29 is 8.42 Å². The van der Waals surface area contributed by atoms with E-state index in [9.17, 15) is 13.2 Å². The van der Waals surface area contributed by atoms with Crippen LogP contribution in [0.3, 0.4) is 0 Å². The third-order valence-corrected chi connectivity index (χ3v) is 6.68. The van der Waals surface area contributed by atoms with Crippen molar-refractivity contribution in [2.75, 3.05) is 10.8 Å². The molecule has 25 heavy (non-hydrogen) atoms. The van der Waals surface area contributed by atoms with Crippen molar-refractivity contribution in [3.63, 3.8) is 0 Å². The lowest BCUT2D eigenvalue weighted by molar-refractivity contribution is 0.593. The molecule has 1 aliphatic heterocycles. The van der Waals surface area contributed by atoms with E-state index in [-0.39, 0.29) is 10.5 Å². The van der Waals surface area contributed by atoms with Crippen LogP contribution in [0.4, 0.5) is 5.69 Å². The Balaban J connectivity index is 1.95. The predicted octanol–water partition coefficient (Wildman–Crippen LogP) is 3.24. The third-order valence-electron chi connectivity index (χ3n) is 4.59. The Bertz CT molecular complexity index is 1170. The number of sulfonamides is 1. The van der Waals surface area contributed by atoms with E-state index in [4.69, 9.17) is 11.6 Å². The van der Waals surface area contributed by atoms with E-state index in [1.54, 1.807) is 24.3 Å². The molecule has 128 valence electrons. The van der Waals surface area contributed by atoms with Crippen LogP contribution in [-0.4, -0.2) is 19.9 Å². The lowest BCUT2D eigenvalue weighted by Crippen LogP contribution is -2.29. The number of aromatic amines is 1. The number of fused-ring (bicyclic) bond motifs is 2. The fourth-order valence-corrected chi connectivity index (χ4v) is 5.39. The number of H-pyrrole nitrogens is 1. The van der Waals surface area contributed by atoms with Crippen LogP contribution >= 0.6 is 11.6 Å². The van der Waals surface area contributed by atoms with Crippen LogP contribution in [0.2, 0.25) is 5.02 Å². The summed E-state index contributed by atoms with van der Waals surface area (Å²) in [5.41, 5.74) is 2.28. The first-order chi connectivity index (χ1) is 11.9. The second kappa shape index (κ2) is 5.61. The van der Waals surface area contributed by atoms with Gasteiger partial charge < -0.3 is 4.98 Å². The summed E-state index contributed by atoms with van der Waals surface area (Å²) in [6.07, 6.45) is 2.10. The third kappa shape index (κ3) is 2.44. The van der Waals surface area contributed by atoms with Crippen molar-refractivity contribution in [2.24, 2.45) is 0 Å². The van der Waals surface area contributed by atoms with Gasteiger partial charge in [-0.1, -0.05) is 17.7 Å². The van der Waals surface area contributed by atoms with Crippen LogP contribution in [0, 0.1) is 6.92 Å². The summed E-state index contributed by atoms with van der Waals surface area (Å²) in [4.78, 5) is 14.7. The molecule has 0 saturated carbocycles. The van der Waals surface area contributed by atoms with Crippen LogP contribution in [0.1, 0.15) is 11.1 Å². The van der Waals surface area contributed by atoms with Gasteiger partial charge in [-0.05, 0) is 54.8 Å². The highest BCUT2D eigenvalue weighted by Crippen LogP contribution is 2.38. The van der Waals surface area contributed by atoms with E-state index in [0.717, 1.165) is 11.1 Å². The van der Waals surface area contributed by atoms with E-state index < -0.39 is 10.0 Å². The molecule has 0 spiro atoms. The van der Waals surface area contributed by atoms with E-state index >= 15 is 0 Å². The zero-order valence-electron chi connectivity index (χ0n) is 13.4. The Morgan fingerprint density at radius 3 is 2.76 bits per heavy atom. The first kappa shape index (κ1) is 16.2. The van der Waals surface area contributed by atoms with E-state index in [0.29, 0.717) is 34.4 Å². The number of benzene rings is 2. The van der Waals surface area contributed by atoms with Gasteiger partial charge in [-0.25, -0.2) is 8.42 Å². The van der Waals surface area contributed by atoms with E-state index in [1.807, 2.05) is 13.0 Å². The van der Waals surface area contributed by atoms with Gasteiger partial charge in [-0.15, -0.1) is 0 Å². The Morgan fingerprint density at radius 1 is 1.16 bits per heavy atom. The zero-order chi connectivity index (χ0) is 17.8. The van der Waals surface area contributed by atoms with Crippen LogP contribution in [-0.2, 0) is 16.4 Å². The molecule has 0 amide bonds. The van der Waals surface area contributed by atoms with Crippen molar-refractivity contribution in [3.05, 3.63) is 69.1 Å². The quantitative estimate of drug-likeness (QED) is 0.748. The maximum atomic E-state index is 13.3. The number of aryl methyl sites for hydroxylation is 1. The van der Waals surface area contributed by atoms with Crippen LogP contribution in [0.15, 0.2) is 52.3 Å². The van der Waals surface area contributed by atoms with Crippen molar-refractivity contribution in [1.29, 1.82) is 0 Å². The molecule has 1 aliphatic rings. The van der Waals surface area contributed by atoms with E-state index in [1.165, 1.54) is 16.6 Å². The van der Waals surface area contributed by atoms with Crippen molar-refractivity contribution in [3.8, 4) is 0 Å². The van der Waals surface area contributed by atoms with Gasteiger partial charge in [0.25, 0.3) is 15.6 Å². The molecular weight excluding hydrogens is 360 g/mol. The molecule has 7 heteroatoms. The summed E-state index contributed by atoms with van der Waals surface area (Å²) in [7, 11) is -3.81. The molecule has 5 nitrogen and oxygen atoms in total. The largest absolute Gasteiger partial charge is 0.329 e. The highest BCUT2D eigenvalue weighted by Gasteiger charge is 2.33. The standard InChI is InChI=1S/C18H15ClN2O3S/c1-11-9-12(19)10-16-13(11)6-8-21(16)25(23,24)17-4-2-3-15-14(17)5-7-20-18(15)22/h2-5,7,9-10H,6,8H2,1H3,(H,20,22). The summed E-state index contributed by atoms with van der Waals surface area (Å²) in [5.74, 6) is 0. The molecular formula is C18H15ClN2O3S. The Labute approximate surface area is 149 Å². The van der Waals surface area contributed by atoms with Crippen molar-refractivity contribution >= 4 is 38.1 Å².